The van der Waals surface area contributed by atoms with Crippen molar-refractivity contribution in [1.29, 1.82) is 0 Å². The van der Waals surface area contributed by atoms with Gasteiger partial charge in [0.15, 0.2) is 12.3 Å². The topological polar surface area (TPSA) is 21.4 Å². The number of quaternary nitrogens is 1. The number of benzene rings is 6. The molecule has 0 amide bonds. The summed E-state index contributed by atoms with van der Waals surface area (Å²) in [5.74, 6) is 0. The van der Waals surface area contributed by atoms with Crippen molar-refractivity contribution in [2.45, 2.75) is 31.6 Å². The summed E-state index contributed by atoms with van der Waals surface area (Å²) in [4.78, 5) is 0. The summed E-state index contributed by atoms with van der Waals surface area (Å²) >= 11 is 0. The van der Waals surface area contributed by atoms with Gasteiger partial charge in [0.05, 0.1) is 0 Å². The maximum Gasteiger partial charge on any atom is 0.197 e. The first-order chi connectivity index (χ1) is 21.6. The van der Waals surface area contributed by atoms with Crippen LogP contribution in [0.25, 0.3) is 44.1 Å². The largest absolute Gasteiger partial charge is 0.205 e. The molecule has 1 aromatic heterocycles. The predicted octanol–water partition coefficient (Wildman–Crippen LogP) is 8.42. The highest BCUT2D eigenvalue weighted by atomic mass is 15.7. The Kier molecular flexibility index (Phi) is 5.52. The van der Waals surface area contributed by atoms with Crippen LogP contribution >= 0.6 is 0 Å². The van der Waals surface area contributed by atoms with Gasteiger partial charge in [0.25, 0.3) is 0 Å². The van der Waals surface area contributed by atoms with Crippen molar-refractivity contribution in [3.63, 3.8) is 0 Å². The summed E-state index contributed by atoms with van der Waals surface area (Å²) < 4.78 is 2.63. The molecule has 0 bridgehead atoms. The molecule has 212 valence electrons. The van der Waals surface area contributed by atoms with E-state index in [0.29, 0.717) is 0 Å². The van der Waals surface area contributed by atoms with Crippen molar-refractivity contribution in [3.8, 4) is 22.3 Å². The van der Waals surface area contributed by atoms with Gasteiger partial charge in [-0.1, -0.05) is 147 Å². The molecule has 1 fully saturated rings. The van der Waals surface area contributed by atoms with E-state index in [2.05, 4.69) is 169 Å². The fourth-order valence-corrected chi connectivity index (χ4v) is 7.86. The number of nitrogens with one attached hydrogen (secondary N) is 2. The van der Waals surface area contributed by atoms with Crippen LogP contribution in [0.1, 0.15) is 48.4 Å². The van der Waals surface area contributed by atoms with Gasteiger partial charge in [-0.3, -0.25) is 0 Å². The lowest BCUT2D eigenvalue weighted by Crippen LogP contribution is -3.24. The summed E-state index contributed by atoms with van der Waals surface area (Å²) in [7, 11) is 0. The lowest BCUT2D eigenvalue weighted by molar-refractivity contribution is -1.05. The average Bonchev–Trinajstić information content (AvgIpc) is 3.50. The van der Waals surface area contributed by atoms with E-state index in [1.54, 1.807) is 0 Å². The van der Waals surface area contributed by atoms with Crippen LogP contribution in [0.3, 0.4) is 0 Å². The molecule has 7 aromatic rings. The van der Waals surface area contributed by atoms with Gasteiger partial charge in [-0.2, -0.15) is 9.69 Å². The quantitative estimate of drug-likeness (QED) is 0.219. The molecular weight excluding hydrogens is 534 g/mol. The van der Waals surface area contributed by atoms with E-state index < -0.39 is 0 Å². The van der Waals surface area contributed by atoms with Crippen molar-refractivity contribution in [2.24, 2.45) is 0 Å². The van der Waals surface area contributed by atoms with Crippen molar-refractivity contribution >= 4 is 21.8 Å². The summed E-state index contributed by atoms with van der Waals surface area (Å²) in [6.07, 6.45) is 0.212. The van der Waals surface area contributed by atoms with Gasteiger partial charge in [0, 0.05) is 32.9 Å². The van der Waals surface area contributed by atoms with Crippen LogP contribution in [-0.4, -0.2) is 4.68 Å². The standard InChI is InChI=1S/C41H33N3/c1-41(2)34-21-13-12-20-32(34)37-35(41)24-23-31-33-26-30(27-14-6-3-7-15-27)22-25-36(33)43(38(31)37)44-39(28-16-8-4-9-17-28)42-40(44)29-18-10-5-11-19-29/h3-26,39-40,42H,1-2H3/p+1. The lowest BCUT2D eigenvalue weighted by atomic mass is 9.82. The van der Waals surface area contributed by atoms with Gasteiger partial charge >= 0.3 is 0 Å². The second-order valence-electron chi connectivity index (χ2n) is 12.8. The Morgan fingerprint density at radius 3 is 1.86 bits per heavy atom. The minimum Gasteiger partial charge on any atom is -0.205 e. The predicted molar refractivity (Wildman–Crippen MR) is 180 cm³/mol. The normalized spacial score (nSPS) is 19.9. The highest BCUT2D eigenvalue weighted by Gasteiger charge is 2.48. The Balaban J connectivity index is 1.39. The molecule has 0 radical (unpaired) electrons. The van der Waals surface area contributed by atoms with Crippen LogP contribution in [-0.2, 0) is 5.41 Å². The zero-order chi connectivity index (χ0) is 29.4. The second-order valence-corrected chi connectivity index (χ2v) is 12.8. The van der Waals surface area contributed by atoms with E-state index in [0.717, 1.165) is 0 Å². The number of nitrogens with zero attached hydrogens (tertiary/aromatic N) is 1. The van der Waals surface area contributed by atoms with Gasteiger partial charge in [-0.25, -0.2) is 5.32 Å². The van der Waals surface area contributed by atoms with Gasteiger partial charge < -0.3 is 0 Å². The Morgan fingerprint density at radius 1 is 0.568 bits per heavy atom. The molecule has 44 heavy (non-hydrogen) atoms. The molecule has 1 aliphatic heterocycles. The molecule has 6 aromatic carbocycles. The first kappa shape index (κ1) is 25.5. The van der Waals surface area contributed by atoms with E-state index in [9.17, 15) is 0 Å². The molecule has 9 rings (SSSR count). The van der Waals surface area contributed by atoms with Crippen LogP contribution in [0, 0.1) is 0 Å². The van der Waals surface area contributed by atoms with Gasteiger partial charge in [-0.05, 0) is 39.9 Å². The zero-order valence-corrected chi connectivity index (χ0v) is 25.0. The third-order valence-corrected chi connectivity index (χ3v) is 10.0. The summed E-state index contributed by atoms with van der Waals surface area (Å²) in [5.41, 5.74) is 13.1. The minimum atomic E-state index is -0.0726. The smallest absolute Gasteiger partial charge is 0.197 e. The Bertz CT molecular complexity index is 2130. The number of hydrogen-bond acceptors (Lipinski definition) is 1. The fraction of sp³-hybridized carbons (Fsp3) is 0.122. The van der Waals surface area contributed by atoms with Gasteiger partial charge in [0.1, 0.15) is 11.0 Å². The second kappa shape index (κ2) is 9.52. The molecule has 2 atom stereocenters. The molecule has 2 N–H and O–H groups in total. The van der Waals surface area contributed by atoms with Crippen molar-refractivity contribution in [2.75, 3.05) is 0 Å². The molecule has 0 saturated carbocycles. The Hall–Kier alpha value is -4.96. The SMILES string of the molecule is CC1(C)c2ccccc2-c2c1ccc1c3cc(-c4ccccc4)ccc3n([NH+]3C(c4ccccc4)NC3c3ccccc3)c21. The third-order valence-electron chi connectivity index (χ3n) is 10.0. The molecule has 3 nitrogen and oxygen atoms in total. The van der Waals surface area contributed by atoms with Crippen LogP contribution in [0.5, 0.6) is 0 Å². The fourth-order valence-electron chi connectivity index (χ4n) is 7.86. The van der Waals surface area contributed by atoms with Crippen molar-refractivity contribution in [3.05, 3.63) is 168 Å². The number of hydrogen-bond donors (Lipinski definition) is 2. The monoisotopic (exact) mass is 568 g/mol. The molecule has 2 aliphatic rings. The molecular formula is C41H34N3+. The molecule has 3 heteroatoms. The summed E-state index contributed by atoms with van der Waals surface area (Å²) in [6.45, 7) is 4.75. The van der Waals surface area contributed by atoms with Gasteiger partial charge in [0.2, 0.25) is 0 Å². The molecule has 2 heterocycles. The first-order valence-corrected chi connectivity index (χ1v) is 15.6. The molecule has 1 saturated heterocycles. The highest BCUT2D eigenvalue weighted by molar-refractivity contribution is 6.15. The highest BCUT2D eigenvalue weighted by Crippen LogP contribution is 2.52. The zero-order valence-electron chi connectivity index (χ0n) is 25.0. The maximum absolute atomic E-state index is 3.96. The van der Waals surface area contributed by atoms with Gasteiger partial charge in [-0.15, -0.1) is 0 Å². The molecule has 1 aliphatic carbocycles. The summed E-state index contributed by atoms with van der Waals surface area (Å²) in [5, 5.41) is 7.95. The van der Waals surface area contributed by atoms with Crippen molar-refractivity contribution < 1.29 is 5.01 Å². The average molecular weight is 569 g/mol. The van der Waals surface area contributed by atoms with Crippen LogP contribution in [0.4, 0.5) is 0 Å². The van der Waals surface area contributed by atoms with Crippen LogP contribution in [0.2, 0.25) is 0 Å². The lowest BCUT2D eigenvalue weighted by Gasteiger charge is -2.46. The van der Waals surface area contributed by atoms with E-state index in [-0.39, 0.29) is 17.7 Å². The van der Waals surface area contributed by atoms with Crippen molar-refractivity contribution in [1.82, 2.24) is 9.99 Å². The number of rotatable bonds is 4. The Labute approximate surface area is 258 Å². The van der Waals surface area contributed by atoms with Crippen LogP contribution in [0.15, 0.2) is 146 Å². The molecule has 2 unspecified atom stereocenters. The van der Waals surface area contributed by atoms with E-state index in [4.69, 9.17) is 0 Å². The van der Waals surface area contributed by atoms with E-state index in [1.165, 1.54) is 71.3 Å². The minimum absolute atomic E-state index is 0.0726. The molecule has 0 spiro atoms. The number of fused-ring (bicyclic) bond motifs is 7. The maximum atomic E-state index is 3.96. The number of aromatic nitrogens is 1. The van der Waals surface area contributed by atoms with E-state index >= 15 is 0 Å². The first-order valence-electron chi connectivity index (χ1n) is 15.6. The van der Waals surface area contributed by atoms with Crippen LogP contribution < -0.4 is 10.3 Å². The summed E-state index contributed by atoms with van der Waals surface area (Å²) in [6, 6.07) is 53.4. The third kappa shape index (κ3) is 3.57. The Morgan fingerprint density at radius 2 is 1.18 bits per heavy atom. The van der Waals surface area contributed by atoms with E-state index in [1.807, 2.05) is 0 Å².